The number of hydrogen-bond acceptors (Lipinski definition) is 1. The van der Waals surface area contributed by atoms with Crippen molar-refractivity contribution in [1.82, 2.24) is 0 Å². The molecule has 0 saturated carbocycles. The van der Waals surface area contributed by atoms with E-state index in [1.165, 1.54) is 27.8 Å². The topological polar surface area (TPSA) is 23.8 Å². The lowest BCUT2D eigenvalue weighted by Gasteiger charge is -2.03. The molecule has 1 heteroatoms. The van der Waals surface area contributed by atoms with Gasteiger partial charge in [0.15, 0.2) is 0 Å². The second-order valence-electron chi connectivity index (χ2n) is 5.38. The summed E-state index contributed by atoms with van der Waals surface area (Å²) in [5.41, 5.74) is 8.17. The molecule has 22 heavy (non-hydrogen) atoms. The first kappa shape index (κ1) is 12.6. The van der Waals surface area contributed by atoms with Crippen LogP contribution in [0.25, 0.3) is 22.8 Å². The molecule has 102 valence electrons. The molecule has 3 aromatic carbocycles. The fourth-order valence-electron chi connectivity index (χ4n) is 3.03. The molecule has 0 amide bonds. The predicted molar refractivity (Wildman–Crippen MR) is 90.0 cm³/mol. The molecule has 4 rings (SSSR count). The lowest BCUT2D eigenvalue weighted by molar-refractivity contribution is 1.48. The standard InChI is InChI=1S/C21H13N/c22-14-16-11-9-15(10-12-16)13-21-19-7-3-1-5-17(19)18-6-2-4-8-20(18)21/h1-13H. The van der Waals surface area contributed by atoms with Crippen LogP contribution in [0.1, 0.15) is 22.3 Å². The van der Waals surface area contributed by atoms with Crippen molar-refractivity contribution >= 4 is 11.6 Å². The maximum Gasteiger partial charge on any atom is 0.0991 e. The van der Waals surface area contributed by atoms with Gasteiger partial charge in [0.25, 0.3) is 0 Å². The number of fused-ring (bicyclic) bond motifs is 3. The zero-order valence-electron chi connectivity index (χ0n) is 12.0. The second-order valence-corrected chi connectivity index (χ2v) is 5.38. The van der Waals surface area contributed by atoms with Gasteiger partial charge in [0.05, 0.1) is 11.6 Å². The van der Waals surface area contributed by atoms with Gasteiger partial charge in [0.2, 0.25) is 0 Å². The highest BCUT2D eigenvalue weighted by Gasteiger charge is 2.21. The van der Waals surface area contributed by atoms with Crippen LogP contribution in [0.3, 0.4) is 0 Å². The summed E-state index contributed by atoms with van der Waals surface area (Å²) in [6, 6.07) is 26.9. The quantitative estimate of drug-likeness (QED) is 0.474. The molecule has 1 nitrogen and oxygen atoms in total. The van der Waals surface area contributed by atoms with Gasteiger partial charge in [0, 0.05) is 0 Å². The van der Waals surface area contributed by atoms with Crippen LogP contribution < -0.4 is 0 Å². The van der Waals surface area contributed by atoms with Gasteiger partial charge in [-0.2, -0.15) is 5.26 Å². The number of nitrogens with zero attached hydrogens (tertiary/aromatic N) is 1. The fourth-order valence-corrected chi connectivity index (χ4v) is 3.03. The molecule has 0 fully saturated rings. The average Bonchev–Trinajstić information content (AvgIpc) is 2.90. The van der Waals surface area contributed by atoms with Crippen molar-refractivity contribution in [2.24, 2.45) is 0 Å². The number of hydrogen-bond donors (Lipinski definition) is 0. The Labute approximate surface area is 129 Å². The first-order chi connectivity index (χ1) is 10.9. The molecule has 1 aliphatic carbocycles. The van der Waals surface area contributed by atoms with Crippen molar-refractivity contribution in [3.63, 3.8) is 0 Å². The third-order valence-corrected chi connectivity index (χ3v) is 4.08. The molecule has 0 aromatic heterocycles. The van der Waals surface area contributed by atoms with E-state index in [1.54, 1.807) is 0 Å². The van der Waals surface area contributed by atoms with Crippen molar-refractivity contribution in [2.45, 2.75) is 0 Å². The highest BCUT2D eigenvalue weighted by Crippen LogP contribution is 2.44. The normalized spacial score (nSPS) is 11.5. The Hall–Kier alpha value is -3.11. The van der Waals surface area contributed by atoms with E-state index in [0.717, 1.165) is 5.56 Å². The smallest absolute Gasteiger partial charge is 0.0991 e. The maximum absolute atomic E-state index is 8.91. The Morgan fingerprint density at radius 3 is 1.64 bits per heavy atom. The van der Waals surface area contributed by atoms with Crippen LogP contribution in [0.5, 0.6) is 0 Å². The van der Waals surface area contributed by atoms with Crippen LogP contribution in [0.4, 0.5) is 0 Å². The van der Waals surface area contributed by atoms with Crippen LogP contribution in [0.15, 0.2) is 72.8 Å². The Morgan fingerprint density at radius 2 is 1.14 bits per heavy atom. The van der Waals surface area contributed by atoms with Crippen LogP contribution in [-0.2, 0) is 0 Å². The van der Waals surface area contributed by atoms with Crippen molar-refractivity contribution in [2.75, 3.05) is 0 Å². The lowest BCUT2D eigenvalue weighted by atomic mass is 10.0. The molecule has 0 spiro atoms. The van der Waals surface area contributed by atoms with Gasteiger partial charge >= 0.3 is 0 Å². The monoisotopic (exact) mass is 279 g/mol. The molecule has 0 bridgehead atoms. The molecule has 3 aromatic rings. The molecule has 1 aliphatic rings. The molecular formula is C21H13N. The summed E-state index contributed by atoms with van der Waals surface area (Å²) in [6.07, 6.45) is 2.20. The average molecular weight is 279 g/mol. The van der Waals surface area contributed by atoms with E-state index in [-0.39, 0.29) is 0 Å². The SMILES string of the molecule is N#Cc1ccc(C=C2c3ccccc3-c3ccccc32)cc1. The summed E-state index contributed by atoms with van der Waals surface area (Å²) < 4.78 is 0. The Balaban J connectivity index is 1.91. The van der Waals surface area contributed by atoms with Crippen LogP contribution in [-0.4, -0.2) is 0 Å². The van der Waals surface area contributed by atoms with Crippen LogP contribution in [0.2, 0.25) is 0 Å². The highest BCUT2D eigenvalue weighted by molar-refractivity contribution is 6.06. The molecule has 0 heterocycles. The molecule has 0 unspecified atom stereocenters. The van der Waals surface area contributed by atoms with Gasteiger partial charge in [-0.3, -0.25) is 0 Å². The van der Waals surface area contributed by atoms with Gasteiger partial charge in [-0.1, -0.05) is 60.7 Å². The zero-order valence-corrected chi connectivity index (χ0v) is 12.0. The minimum Gasteiger partial charge on any atom is -0.192 e. The first-order valence-electron chi connectivity index (χ1n) is 7.28. The Bertz CT molecular complexity index is 877. The van der Waals surface area contributed by atoms with Gasteiger partial charge < -0.3 is 0 Å². The van der Waals surface area contributed by atoms with Crippen LogP contribution >= 0.6 is 0 Å². The van der Waals surface area contributed by atoms with E-state index in [2.05, 4.69) is 60.7 Å². The van der Waals surface area contributed by atoms with Gasteiger partial charge in [-0.05, 0) is 51.6 Å². The minimum atomic E-state index is 0.689. The Kier molecular flexibility index (Phi) is 2.88. The summed E-state index contributed by atoms with van der Waals surface area (Å²) >= 11 is 0. The molecule has 0 saturated heterocycles. The van der Waals surface area contributed by atoms with Gasteiger partial charge in [-0.15, -0.1) is 0 Å². The van der Waals surface area contributed by atoms with Crippen LogP contribution in [0, 0.1) is 11.3 Å². The van der Waals surface area contributed by atoms with Gasteiger partial charge in [0.1, 0.15) is 0 Å². The molecule has 0 atom stereocenters. The van der Waals surface area contributed by atoms with E-state index >= 15 is 0 Å². The summed E-state index contributed by atoms with van der Waals surface area (Å²) in [4.78, 5) is 0. The van der Waals surface area contributed by atoms with Crippen molar-refractivity contribution in [3.05, 3.63) is 95.1 Å². The minimum absolute atomic E-state index is 0.689. The lowest BCUT2D eigenvalue weighted by Crippen LogP contribution is -1.82. The van der Waals surface area contributed by atoms with E-state index in [9.17, 15) is 0 Å². The van der Waals surface area contributed by atoms with Crippen molar-refractivity contribution < 1.29 is 0 Å². The first-order valence-corrected chi connectivity index (χ1v) is 7.28. The third-order valence-electron chi connectivity index (χ3n) is 4.08. The van der Waals surface area contributed by atoms with E-state index in [0.29, 0.717) is 5.56 Å². The summed E-state index contributed by atoms with van der Waals surface area (Å²) in [6.45, 7) is 0. The second kappa shape index (κ2) is 5.02. The molecule has 0 aliphatic heterocycles. The summed E-state index contributed by atoms with van der Waals surface area (Å²) in [5.74, 6) is 0. The fraction of sp³-hybridized carbons (Fsp3) is 0. The number of benzene rings is 3. The Morgan fingerprint density at radius 1 is 0.636 bits per heavy atom. The number of nitriles is 1. The van der Waals surface area contributed by atoms with Crippen molar-refractivity contribution in [3.8, 4) is 17.2 Å². The van der Waals surface area contributed by atoms with Gasteiger partial charge in [-0.25, -0.2) is 0 Å². The third kappa shape index (κ3) is 1.94. The molecular weight excluding hydrogens is 266 g/mol. The largest absolute Gasteiger partial charge is 0.192 e. The predicted octanol–water partition coefficient (Wildman–Crippen LogP) is 5.13. The highest BCUT2D eigenvalue weighted by atomic mass is 14.3. The van der Waals surface area contributed by atoms with E-state index < -0.39 is 0 Å². The van der Waals surface area contributed by atoms with E-state index in [4.69, 9.17) is 5.26 Å². The summed E-state index contributed by atoms with van der Waals surface area (Å²) in [5, 5.41) is 8.91. The maximum atomic E-state index is 8.91. The number of rotatable bonds is 1. The molecule has 0 N–H and O–H groups in total. The summed E-state index contributed by atoms with van der Waals surface area (Å²) in [7, 11) is 0. The van der Waals surface area contributed by atoms with E-state index in [1.807, 2.05) is 24.3 Å². The zero-order chi connectivity index (χ0) is 14.9. The molecule has 0 radical (unpaired) electrons. The van der Waals surface area contributed by atoms with Crippen molar-refractivity contribution in [1.29, 1.82) is 5.26 Å².